The summed E-state index contributed by atoms with van der Waals surface area (Å²) in [7, 11) is -3.06. The molecular formula is C10H16N2O2S. The van der Waals surface area contributed by atoms with Gasteiger partial charge in [-0.15, -0.1) is 0 Å². The molecule has 1 atom stereocenters. The minimum absolute atomic E-state index is 0.136. The van der Waals surface area contributed by atoms with E-state index in [0.29, 0.717) is 6.42 Å². The Morgan fingerprint density at radius 1 is 1.53 bits per heavy atom. The standard InChI is InChI=1S/C10H16N2O2S/c1-9(7-11)15(13,14)6-4-10-3-2-5-12-8-10/h2-3,5,8-9H,4,6-7,11H2,1H3. The van der Waals surface area contributed by atoms with Crippen molar-refractivity contribution in [1.82, 2.24) is 4.98 Å². The maximum absolute atomic E-state index is 11.6. The van der Waals surface area contributed by atoms with E-state index < -0.39 is 15.1 Å². The van der Waals surface area contributed by atoms with Crippen molar-refractivity contribution in [2.45, 2.75) is 18.6 Å². The van der Waals surface area contributed by atoms with E-state index >= 15 is 0 Å². The molecule has 0 radical (unpaired) electrons. The molecule has 0 aliphatic carbocycles. The summed E-state index contributed by atoms with van der Waals surface area (Å²) in [6.45, 7) is 1.81. The van der Waals surface area contributed by atoms with Gasteiger partial charge in [0.2, 0.25) is 0 Å². The Hall–Kier alpha value is -0.940. The molecule has 0 amide bonds. The van der Waals surface area contributed by atoms with Crippen LogP contribution < -0.4 is 5.73 Å². The van der Waals surface area contributed by atoms with Crippen molar-refractivity contribution in [3.8, 4) is 0 Å². The second kappa shape index (κ2) is 5.23. The highest BCUT2D eigenvalue weighted by Crippen LogP contribution is 2.05. The van der Waals surface area contributed by atoms with E-state index in [4.69, 9.17) is 5.73 Å². The smallest absolute Gasteiger partial charge is 0.154 e. The maximum atomic E-state index is 11.6. The van der Waals surface area contributed by atoms with E-state index in [0.717, 1.165) is 5.56 Å². The highest BCUT2D eigenvalue weighted by atomic mass is 32.2. The van der Waals surface area contributed by atoms with Gasteiger partial charge in [-0.1, -0.05) is 6.07 Å². The molecule has 2 N–H and O–H groups in total. The van der Waals surface area contributed by atoms with Gasteiger partial charge >= 0.3 is 0 Å². The molecule has 0 aliphatic rings. The van der Waals surface area contributed by atoms with Crippen LogP contribution in [0.1, 0.15) is 12.5 Å². The van der Waals surface area contributed by atoms with Crippen LogP contribution in [0.5, 0.6) is 0 Å². The lowest BCUT2D eigenvalue weighted by Crippen LogP contribution is -2.29. The Morgan fingerprint density at radius 2 is 2.27 bits per heavy atom. The van der Waals surface area contributed by atoms with Crippen molar-refractivity contribution in [3.05, 3.63) is 30.1 Å². The number of pyridine rings is 1. The Balaban J connectivity index is 2.58. The van der Waals surface area contributed by atoms with Crippen molar-refractivity contribution in [3.63, 3.8) is 0 Å². The summed E-state index contributed by atoms with van der Waals surface area (Å²) in [5.74, 6) is 0.136. The van der Waals surface area contributed by atoms with Gasteiger partial charge in [-0.05, 0) is 25.0 Å². The molecule has 4 nitrogen and oxygen atoms in total. The summed E-state index contributed by atoms with van der Waals surface area (Å²) in [6.07, 6.45) is 3.85. The number of nitrogens with two attached hydrogens (primary N) is 1. The fourth-order valence-electron chi connectivity index (χ4n) is 1.15. The molecule has 0 saturated heterocycles. The molecule has 15 heavy (non-hydrogen) atoms. The van der Waals surface area contributed by atoms with Gasteiger partial charge in [-0.2, -0.15) is 0 Å². The maximum Gasteiger partial charge on any atom is 0.154 e. The highest BCUT2D eigenvalue weighted by molar-refractivity contribution is 7.92. The lowest BCUT2D eigenvalue weighted by atomic mass is 10.2. The molecule has 0 aliphatic heterocycles. The summed E-state index contributed by atoms with van der Waals surface area (Å²) in [4.78, 5) is 3.93. The fourth-order valence-corrected chi connectivity index (χ4v) is 2.37. The van der Waals surface area contributed by atoms with Gasteiger partial charge in [-0.25, -0.2) is 8.42 Å². The number of rotatable bonds is 5. The summed E-state index contributed by atoms with van der Waals surface area (Å²) in [6, 6.07) is 3.67. The summed E-state index contributed by atoms with van der Waals surface area (Å²) in [5.41, 5.74) is 6.27. The van der Waals surface area contributed by atoms with Crippen LogP contribution in [0, 0.1) is 0 Å². The number of hydrogen-bond donors (Lipinski definition) is 1. The molecule has 1 heterocycles. The van der Waals surface area contributed by atoms with E-state index in [-0.39, 0.29) is 12.3 Å². The molecule has 84 valence electrons. The first-order valence-electron chi connectivity index (χ1n) is 4.87. The largest absolute Gasteiger partial charge is 0.329 e. The van der Waals surface area contributed by atoms with Gasteiger partial charge in [0.1, 0.15) is 0 Å². The lowest BCUT2D eigenvalue weighted by Gasteiger charge is -2.09. The predicted octanol–water partition coefficient (Wildman–Crippen LogP) is 0.386. The average molecular weight is 228 g/mol. The third-order valence-electron chi connectivity index (χ3n) is 2.34. The minimum atomic E-state index is -3.06. The molecular weight excluding hydrogens is 212 g/mol. The lowest BCUT2D eigenvalue weighted by molar-refractivity contribution is 0.583. The number of hydrogen-bond acceptors (Lipinski definition) is 4. The molecule has 1 unspecified atom stereocenters. The number of aromatic nitrogens is 1. The Labute approximate surface area is 90.4 Å². The summed E-state index contributed by atoms with van der Waals surface area (Å²) >= 11 is 0. The molecule has 1 rings (SSSR count). The quantitative estimate of drug-likeness (QED) is 0.791. The monoisotopic (exact) mass is 228 g/mol. The Bertz CT molecular complexity index is 389. The van der Waals surface area contributed by atoms with Crippen LogP contribution in [0.2, 0.25) is 0 Å². The van der Waals surface area contributed by atoms with E-state index in [2.05, 4.69) is 4.98 Å². The molecule has 0 bridgehead atoms. The van der Waals surface area contributed by atoms with E-state index in [1.807, 2.05) is 6.07 Å². The Kier molecular flexibility index (Phi) is 4.23. The van der Waals surface area contributed by atoms with E-state index in [1.54, 1.807) is 25.4 Å². The second-order valence-electron chi connectivity index (χ2n) is 3.52. The van der Waals surface area contributed by atoms with E-state index in [1.165, 1.54) is 0 Å². The van der Waals surface area contributed by atoms with Gasteiger partial charge in [0.05, 0.1) is 11.0 Å². The van der Waals surface area contributed by atoms with Crippen molar-refractivity contribution in [2.24, 2.45) is 5.73 Å². The zero-order chi connectivity index (χ0) is 11.3. The summed E-state index contributed by atoms with van der Waals surface area (Å²) < 4.78 is 23.3. The topological polar surface area (TPSA) is 73.1 Å². The predicted molar refractivity (Wildman–Crippen MR) is 60.2 cm³/mol. The molecule has 0 saturated carbocycles. The van der Waals surface area contributed by atoms with Crippen LogP contribution in [0.3, 0.4) is 0 Å². The van der Waals surface area contributed by atoms with Crippen molar-refractivity contribution in [1.29, 1.82) is 0 Å². The number of nitrogens with zero attached hydrogens (tertiary/aromatic N) is 1. The number of sulfone groups is 1. The van der Waals surface area contributed by atoms with Crippen LogP contribution in [0.4, 0.5) is 0 Å². The van der Waals surface area contributed by atoms with Crippen molar-refractivity contribution >= 4 is 9.84 Å². The molecule has 5 heteroatoms. The van der Waals surface area contributed by atoms with Gasteiger partial charge in [-0.3, -0.25) is 4.98 Å². The summed E-state index contributed by atoms with van der Waals surface area (Å²) in [5, 5.41) is -0.464. The zero-order valence-electron chi connectivity index (χ0n) is 8.76. The van der Waals surface area contributed by atoms with Crippen LogP contribution in [-0.2, 0) is 16.3 Å². The Morgan fingerprint density at radius 3 is 2.80 bits per heavy atom. The SMILES string of the molecule is CC(CN)S(=O)(=O)CCc1cccnc1. The van der Waals surface area contributed by atoms with Crippen molar-refractivity contribution < 1.29 is 8.42 Å². The molecule has 0 spiro atoms. The third kappa shape index (κ3) is 3.60. The number of aryl methyl sites for hydroxylation is 1. The first-order valence-corrected chi connectivity index (χ1v) is 6.58. The van der Waals surface area contributed by atoms with Crippen LogP contribution in [0.15, 0.2) is 24.5 Å². The molecule has 0 fully saturated rings. The fraction of sp³-hybridized carbons (Fsp3) is 0.500. The average Bonchev–Trinajstić information content (AvgIpc) is 2.27. The molecule has 1 aromatic rings. The first-order chi connectivity index (χ1) is 7.06. The third-order valence-corrected chi connectivity index (χ3v) is 4.53. The minimum Gasteiger partial charge on any atom is -0.329 e. The molecule has 1 aromatic heterocycles. The van der Waals surface area contributed by atoms with Crippen LogP contribution in [0.25, 0.3) is 0 Å². The van der Waals surface area contributed by atoms with Gasteiger partial charge in [0.25, 0.3) is 0 Å². The van der Waals surface area contributed by atoms with Crippen molar-refractivity contribution in [2.75, 3.05) is 12.3 Å². The highest BCUT2D eigenvalue weighted by Gasteiger charge is 2.18. The van der Waals surface area contributed by atoms with Crippen LogP contribution in [-0.4, -0.2) is 30.9 Å². The second-order valence-corrected chi connectivity index (χ2v) is 6.06. The van der Waals surface area contributed by atoms with Crippen LogP contribution >= 0.6 is 0 Å². The normalized spacial score (nSPS) is 13.7. The first kappa shape index (κ1) is 12.1. The van der Waals surface area contributed by atoms with Gasteiger partial charge < -0.3 is 5.73 Å². The van der Waals surface area contributed by atoms with Gasteiger partial charge in [0.15, 0.2) is 9.84 Å². The zero-order valence-corrected chi connectivity index (χ0v) is 9.57. The van der Waals surface area contributed by atoms with Gasteiger partial charge in [0, 0.05) is 18.9 Å². The molecule has 0 aromatic carbocycles. The van der Waals surface area contributed by atoms with E-state index in [9.17, 15) is 8.42 Å².